The highest BCUT2D eigenvalue weighted by Crippen LogP contribution is 2.13. The van der Waals surface area contributed by atoms with Gasteiger partial charge in [0, 0.05) is 35.7 Å². The highest BCUT2D eigenvalue weighted by atomic mass is 16.4. The molecule has 0 radical (unpaired) electrons. The van der Waals surface area contributed by atoms with Gasteiger partial charge in [0.1, 0.15) is 0 Å². The molecular weight excluding hydrogens is 292 g/mol. The van der Waals surface area contributed by atoms with Crippen molar-refractivity contribution in [2.75, 3.05) is 10.6 Å². The largest absolute Gasteiger partial charge is 0.478 e. The van der Waals surface area contributed by atoms with E-state index in [0.717, 1.165) is 12.2 Å². The van der Waals surface area contributed by atoms with Gasteiger partial charge in [-0.2, -0.15) is 0 Å². The number of hydrogen-bond acceptors (Lipinski definition) is 4. The van der Waals surface area contributed by atoms with E-state index in [1.165, 1.54) is 24.3 Å². The number of carbonyl (C=O) groups is 4. The molecule has 0 saturated carbocycles. The van der Waals surface area contributed by atoms with E-state index in [4.69, 9.17) is 10.2 Å². The van der Waals surface area contributed by atoms with Gasteiger partial charge < -0.3 is 20.8 Å². The van der Waals surface area contributed by atoms with Gasteiger partial charge in [-0.05, 0) is 24.3 Å². The third-order valence-electron chi connectivity index (χ3n) is 2.17. The fourth-order valence-electron chi connectivity index (χ4n) is 1.30. The zero-order chi connectivity index (χ0) is 16.5. The number of carbonyl (C=O) groups excluding carboxylic acids is 2. The fourth-order valence-corrected chi connectivity index (χ4v) is 1.30. The number of carboxylic acids is 2. The van der Waals surface area contributed by atoms with E-state index in [1.807, 2.05) is 0 Å². The standard InChI is InChI=1S/C14H12N2O6/c17-11(5-7-13(19)20)15-9-1-2-10(4-3-9)16-12(18)6-8-14(21)22/h1-8H,(H,15,17)(H,16,18)(H,19,20)(H,21,22)/b7-5-,8-6+. The summed E-state index contributed by atoms with van der Waals surface area (Å²) < 4.78 is 0. The first-order chi connectivity index (χ1) is 10.4. The summed E-state index contributed by atoms with van der Waals surface area (Å²) in [6.45, 7) is 0. The molecule has 4 N–H and O–H groups in total. The maximum absolute atomic E-state index is 11.3. The van der Waals surface area contributed by atoms with Crippen molar-refractivity contribution in [3.63, 3.8) is 0 Å². The first-order valence-electron chi connectivity index (χ1n) is 5.91. The molecule has 0 aliphatic rings. The summed E-state index contributed by atoms with van der Waals surface area (Å²) in [7, 11) is 0. The SMILES string of the molecule is O=C(O)/C=C\C(=O)Nc1ccc(NC(=O)/C=C/C(=O)O)cc1. The first kappa shape index (κ1) is 16.6. The molecule has 0 atom stereocenters. The van der Waals surface area contributed by atoms with E-state index in [1.54, 1.807) is 0 Å². The van der Waals surface area contributed by atoms with Gasteiger partial charge in [0.2, 0.25) is 11.8 Å². The van der Waals surface area contributed by atoms with Crippen LogP contribution in [0.4, 0.5) is 11.4 Å². The van der Waals surface area contributed by atoms with E-state index in [-0.39, 0.29) is 0 Å². The third kappa shape index (κ3) is 6.66. The quantitative estimate of drug-likeness (QED) is 0.576. The Morgan fingerprint density at radius 2 is 1.00 bits per heavy atom. The zero-order valence-corrected chi connectivity index (χ0v) is 11.1. The summed E-state index contributed by atoms with van der Waals surface area (Å²) in [6, 6.07) is 5.96. The van der Waals surface area contributed by atoms with Crippen LogP contribution >= 0.6 is 0 Å². The Balaban J connectivity index is 2.59. The summed E-state index contributed by atoms with van der Waals surface area (Å²) in [6.07, 6.45) is 3.15. The van der Waals surface area contributed by atoms with Crippen molar-refractivity contribution in [1.29, 1.82) is 0 Å². The topological polar surface area (TPSA) is 133 Å². The Morgan fingerprint density at radius 3 is 1.27 bits per heavy atom. The summed E-state index contributed by atoms with van der Waals surface area (Å²) in [5.74, 6) is -3.68. The minimum Gasteiger partial charge on any atom is -0.478 e. The molecule has 114 valence electrons. The van der Waals surface area contributed by atoms with Gasteiger partial charge >= 0.3 is 11.9 Å². The second-order valence-electron chi connectivity index (χ2n) is 3.90. The number of aliphatic carboxylic acids is 2. The monoisotopic (exact) mass is 304 g/mol. The van der Waals surface area contributed by atoms with Crippen molar-refractivity contribution in [2.45, 2.75) is 0 Å². The zero-order valence-electron chi connectivity index (χ0n) is 11.1. The fraction of sp³-hybridized carbons (Fsp3) is 0. The van der Waals surface area contributed by atoms with Crippen LogP contribution in [0.15, 0.2) is 48.6 Å². The second kappa shape index (κ2) is 8.00. The number of nitrogens with one attached hydrogen (secondary N) is 2. The molecule has 1 aromatic rings. The van der Waals surface area contributed by atoms with Gasteiger partial charge in [-0.1, -0.05) is 0 Å². The van der Waals surface area contributed by atoms with Crippen LogP contribution in [-0.2, 0) is 19.2 Å². The van der Waals surface area contributed by atoms with Crippen LogP contribution in [0, 0.1) is 0 Å². The Hall–Kier alpha value is -3.42. The number of hydrogen-bond donors (Lipinski definition) is 4. The van der Waals surface area contributed by atoms with Gasteiger partial charge in [-0.25, -0.2) is 9.59 Å². The predicted octanol–water partition coefficient (Wildman–Crippen LogP) is 0.845. The van der Waals surface area contributed by atoms with Crippen molar-refractivity contribution in [3.8, 4) is 0 Å². The van der Waals surface area contributed by atoms with Gasteiger partial charge in [-0.3, -0.25) is 9.59 Å². The highest BCUT2D eigenvalue weighted by Gasteiger charge is 2.01. The lowest BCUT2D eigenvalue weighted by molar-refractivity contribution is -0.132. The molecule has 0 bridgehead atoms. The molecule has 0 spiro atoms. The van der Waals surface area contributed by atoms with Crippen LogP contribution in [0.3, 0.4) is 0 Å². The van der Waals surface area contributed by atoms with Crippen LogP contribution in [0.25, 0.3) is 0 Å². The molecule has 22 heavy (non-hydrogen) atoms. The average molecular weight is 304 g/mol. The Kier molecular flexibility index (Phi) is 6.05. The Morgan fingerprint density at radius 1 is 0.682 bits per heavy atom. The molecule has 0 aromatic heterocycles. The van der Waals surface area contributed by atoms with Crippen molar-refractivity contribution in [1.82, 2.24) is 0 Å². The van der Waals surface area contributed by atoms with Crippen LogP contribution in [0.1, 0.15) is 0 Å². The molecular formula is C14H12N2O6. The molecule has 0 heterocycles. The summed E-state index contributed by atoms with van der Waals surface area (Å²) >= 11 is 0. The minimum absolute atomic E-state index is 0.402. The van der Waals surface area contributed by atoms with E-state index in [9.17, 15) is 19.2 Å². The van der Waals surface area contributed by atoms with Gasteiger partial charge in [0.25, 0.3) is 0 Å². The van der Waals surface area contributed by atoms with E-state index >= 15 is 0 Å². The highest BCUT2D eigenvalue weighted by molar-refractivity contribution is 6.03. The molecule has 1 aromatic carbocycles. The lowest BCUT2D eigenvalue weighted by atomic mass is 10.2. The number of benzene rings is 1. The summed E-state index contributed by atoms with van der Waals surface area (Å²) in [4.78, 5) is 43.2. The number of carboxylic acid groups (broad SMARTS) is 2. The Labute approximate surface area is 124 Å². The lowest BCUT2D eigenvalue weighted by Gasteiger charge is -2.05. The predicted molar refractivity (Wildman–Crippen MR) is 77.3 cm³/mol. The maximum Gasteiger partial charge on any atom is 0.328 e. The van der Waals surface area contributed by atoms with E-state index in [0.29, 0.717) is 23.5 Å². The van der Waals surface area contributed by atoms with Crippen LogP contribution in [-0.4, -0.2) is 34.0 Å². The molecule has 2 amide bonds. The number of anilines is 2. The summed E-state index contributed by atoms with van der Waals surface area (Å²) in [5.41, 5.74) is 0.804. The van der Waals surface area contributed by atoms with E-state index < -0.39 is 23.8 Å². The molecule has 0 fully saturated rings. The molecule has 8 heteroatoms. The minimum atomic E-state index is -1.23. The molecule has 0 unspecified atom stereocenters. The van der Waals surface area contributed by atoms with E-state index in [2.05, 4.69) is 10.6 Å². The van der Waals surface area contributed by atoms with Crippen LogP contribution in [0.2, 0.25) is 0 Å². The average Bonchev–Trinajstić information content (AvgIpc) is 2.45. The van der Waals surface area contributed by atoms with Crippen LogP contribution in [0.5, 0.6) is 0 Å². The third-order valence-corrected chi connectivity index (χ3v) is 2.17. The maximum atomic E-state index is 11.3. The normalized spacial score (nSPS) is 10.5. The van der Waals surface area contributed by atoms with Crippen molar-refractivity contribution in [2.24, 2.45) is 0 Å². The van der Waals surface area contributed by atoms with Gasteiger partial charge in [0.15, 0.2) is 0 Å². The summed E-state index contributed by atoms with van der Waals surface area (Å²) in [5, 5.41) is 21.6. The van der Waals surface area contributed by atoms with Crippen molar-refractivity contribution >= 4 is 35.1 Å². The molecule has 8 nitrogen and oxygen atoms in total. The first-order valence-corrected chi connectivity index (χ1v) is 5.91. The Bertz CT molecular complexity index is 589. The van der Waals surface area contributed by atoms with Crippen molar-refractivity contribution in [3.05, 3.63) is 48.6 Å². The molecule has 0 aliphatic carbocycles. The van der Waals surface area contributed by atoms with Gasteiger partial charge in [-0.15, -0.1) is 0 Å². The molecule has 0 aliphatic heterocycles. The molecule has 0 saturated heterocycles. The number of rotatable bonds is 6. The smallest absolute Gasteiger partial charge is 0.328 e. The second-order valence-corrected chi connectivity index (χ2v) is 3.90. The molecule has 1 rings (SSSR count). The van der Waals surface area contributed by atoms with Crippen LogP contribution < -0.4 is 10.6 Å². The lowest BCUT2D eigenvalue weighted by Crippen LogP contribution is -2.10. The van der Waals surface area contributed by atoms with Crippen molar-refractivity contribution < 1.29 is 29.4 Å². The number of amides is 2. The van der Waals surface area contributed by atoms with Gasteiger partial charge in [0.05, 0.1) is 0 Å².